The average molecular weight is 179 g/mol. The van der Waals surface area contributed by atoms with E-state index in [4.69, 9.17) is 0 Å². The SMILES string of the molecule is Cc1nc2ccccc2c(F)c1F. The molecule has 0 N–H and O–H groups in total. The molecule has 0 unspecified atom stereocenters. The van der Waals surface area contributed by atoms with Crippen molar-refractivity contribution in [2.45, 2.75) is 6.92 Å². The Hall–Kier alpha value is -1.51. The van der Waals surface area contributed by atoms with Crippen LogP contribution >= 0.6 is 0 Å². The number of fused-ring (bicyclic) bond motifs is 1. The Morgan fingerprint density at radius 2 is 1.77 bits per heavy atom. The predicted molar refractivity (Wildman–Crippen MR) is 46.4 cm³/mol. The van der Waals surface area contributed by atoms with Gasteiger partial charge in [0.15, 0.2) is 11.6 Å². The summed E-state index contributed by atoms with van der Waals surface area (Å²) in [4.78, 5) is 3.92. The van der Waals surface area contributed by atoms with Crippen LogP contribution in [0.3, 0.4) is 0 Å². The van der Waals surface area contributed by atoms with E-state index in [9.17, 15) is 8.78 Å². The topological polar surface area (TPSA) is 12.9 Å². The van der Waals surface area contributed by atoms with E-state index in [0.717, 1.165) is 0 Å². The van der Waals surface area contributed by atoms with Gasteiger partial charge in [-0.15, -0.1) is 0 Å². The monoisotopic (exact) mass is 179 g/mol. The van der Waals surface area contributed by atoms with Gasteiger partial charge >= 0.3 is 0 Å². The molecule has 0 bridgehead atoms. The van der Waals surface area contributed by atoms with Gasteiger partial charge in [0.25, 0.3) is 0 Å². The van der Waals surface area contributed by atoms with E-state index >= 15 is 0 Å². The molecule has 1 aromatic heterocycles. The van der Waals surface area contributed by atoms with Crippen molar-refractivity contribution < 1.29 is 8.78 Å². The molecule has 0 saturated carbocycles. The lowest BCUT2D eigenvalue weighted by molar-refractivity contribution is 0.506. The highest BCUT2D eigenvalue weighted by Gasteiger charge is 2.10. The molecule has 66 valence electrons. The van der Waals surface area contributed by atoms with Gasteiger partial charge in [-0.2, -0.15) is 0 Å². The smallest absolute Gasteiger partial charge is 0.180 e. The van der Waals surface area contributed by atoms with Gasteiger partial charge < -0.3 is 0 Å². The van der Waals surface area contributed by atoms with Crippen LogP contribution in [0.25, 0.3) is 10.9 Å². The summed E-state index contributed by atoms with van der Waals surface area (Å²) in [5.74, 6) is -1.68. The molecule has 0 aliphatic rings. The number of hydrogen-bond acceptors (Lipinski definition) is 1. The van der Waals surface area contributed by atoms with Gasteiger partial charge in [0.05, 0.1) is 11.2 Å². The van der Waals surface area contributed by atoms with Crippen LogP contribution in [0.15, 0.2) is 24.3 Å². The minimum atomic E-state index is -0.862. The molecule has 0 saturated heterocycles. The van der Waals surface area contributed by atoms with Gasteiger partial charge in [0.2, 0.25) is 0 Å². The van der Waals surface area contributed by atoms with Crippen LogP contribution in [0.4, 0.5) is 8.78 Å². The minimum Gasteiger partial charge on any atom is -0.250 e. The number of aromatic nitrogens is 1. The number of para-hydroxylation sites is 1. The molecular weight excluding hydrogens is 172 g/mol. The molecular formula is C10H7F2N. The van der Waals surface area contributed by atoms with Gasteiger partial charge in [-0.3, -0.25) is 0 Å². The molecule has 0 atom stereocenters. The maximum atomic E-state index is 13.2. The lowest BCUT2D eigenvalue weighted by Gasteiger charge is -2.01. The Morgan fingerprint density at radius 3 is 2.54 bits per heavy atom. The first kappa shape index (κ1) is 8.10. The van der Waals surface area contributed by atoms with Crippen LogP contribution in [-0.2, 0) is 0 Å². The van der Waals surface area contributed by atoms with Crippen molar-refractivity contribution >= 4 is 10.9 Å². The zero-order valence-electron chi connectivity index (χ0n) is 7.01. The van der Waals surface area contributed by atoms with Gasteiger partial charge in [-0.25, -0.2) is 13.8 Å². The highest BCUT2D eigenvalue weighted by Crippen LogP contribution is 2.19. The first-order chi connectivity index (χ1) is 6.20. The van der Waals surface area contributed by atoms with E-state index in [1.807, 2.05) is 0 Å². The molecule has 2 aromatic rings. The summed E-state index contributed by atoms with van der Waals surface area (Å²) in [5, 5.41) is 0.227. The zero-order chi connectivity index (χ0) is 9.42. The lowest BCUT2D eigenvalue weighted by Crippen LogP contribution is -1.94. The van der Waals surface area contributed by atoms with E-state index in [2.05, 4.69) is 4.98 Å². The Labute approximate surface area is 74.0 Å². The Balaban J connectivity index is 2.94. The third kappa shape index (κ3) is 1.16. The van der Waals surface area contributed by atoms with Crippen molar-refractivity contribution in [3.8, 4) is 0 Å². The number of nitrogens with zero attached hydrogens (tertiary/aromatic N) is 1. The summed E-state index contributed by atoms with van der Waals surface area (Å²) < 4.78 is 26.3. The van der Waals surface area contributed by atoms with Gasteiger partial charge in [-0.1, -0.05) is 12.1 Å². The van der Waals surface area contributed by atoms with E-state index in [1.54, 1.807) is 18.2 Å². The molecule has 1 aromatic carbocycles. The first-order valence-electron chi connectivity index (χ1n) is 3.90. The lowest BCUT2D eigenvalue weighted by atomic mass is 10.2. The fourth-order valence-corrected chi connectivity index (χ4v) is 1.26. The van der Waals surface area contributed by atoms with E-state index in [1.165, 1.54) is 13.0 Å². The van der Waals surface area contributed by atoms with Crippen molar-refractivity contribution in [1.82, 2.24) is 4.98 Å². The van der Waals surface area contributed by atoms with Crippen LogP contribution in [0.1, 0.15) is 5.69 Å². The molecule has 3 heteroatoms. The second-order valence-electron chi connectivity index (χ2n) is 2.84. The summed E-state index contributed by atoms with van der Waals surface area (Å²) in [6.07, 6.45) is 0. The maximum absolute atomic E-state index is 13.2. The molecule has 2 rings (SSSR count). The number of halogens is 2. The van der Waals surface area contributed by atoms with Crippen molar-refractivity contribution in [2.75, 3.05) is 0 Å². The molecule has 0 aliphatic heterocycles. The molecule has 1 heterocycles. The zero-order valence-corrected chi connectivity index (χ0v) is 7.01. The number of rotatable bonds is 0. The second kappa shape index (κ2) is 2.76. The molecule has 0 spiro atoms. The molecule has 0 amide bonds. The van der Waals surface area contributed by atoms with Crippen molar-refractivity contribution in [1.29, 1.82) is 0 Å². The van der Waals surface area contributed by atoms with E-state index in [0.29, 0.717) is 5.52 Å². The summed E-state index contributed by atoms with van der Waals surface area (Å²) in [5.41, 5.74) is 0.579. The maximum Gasteiger partial charge on any atom is 0.180 e. The van der Waals surface area contributed by atoms with Crippen molar-refractivity contribution in [3.63, 3.8) is 0 Å². The summed E-state index contributed by atoms with van der Waals surface area (Å²) in [7, 11) is 0. The molecule has 13 heavy (non-hydrogen) atoms. The molecule has 1 nitrogen and oxygen atoms in total. The van der Waals surface area contributed by atoms with Crippen LogP contribution in [-0.4, -0.2) is 4.98 Å². The van der Waals surface area contributed by atoms with Crippen LogP contribution < -0.4 is 0 Å². The van der Waals surface area contributed by atoms with Gasteiger partial charge in [0, 0.05) is 5.39 Å². The summed E-state index contributed by atoms with van der Waals surface area (Å²) in [6.45, 7) is 1.45. The van der Waals surface area contributed by atoms with Crippen molar-refractivity contribution in [3.05, 3.63) is 41.6 Å². The van der Waals surface area contributed by atoms with Crippen LogP contribution in [0.5, 0.6) is 0 Å². The summed E-state index contributed by atoms with van der Waals surface area (Å²) in [6, 6.07) is 6.57. The average Bonchev–Trinajstić information content (AvgIpc) is 2.15. The third-order valence-corrected chi connectivity index (χ3v) is 1.94. The van der Waals surface area contributed by atoms with Crippen LogP contribution in [0.2, 0.25) is 0 Å². The minimum absolute atomic E-state index is 0.0937. The first-order valence-corrected chi connectivity index (χ1v) is 3.90. The van der Waals surface area contributed by atoms with E-state index in [-0.39, 0.29) is 11.1 Å². The van der Waals surface area contributed by atoms with Crippen LogP contribution in [0, 0.1) is 18.6 Å². The van der Waals surface area contributed by atoms with Gasteiger partial charge in [0.1, 0.15) is 0 Å². The standard InChI is InChI=1S/C10H7F2N/c1-6-9(11)10(12)7-4-2-3-5-8(7)13-6/h2-5H,1H3. The summed E-state index contributed by atoms with van der Waals surface area (Å²) >= 11 is 0. The van der Waals surface area contributed by atoms with Gasteiger partial charge in [-0.05, 0) is 19.1 Å². The number of aryl methyl sites for hydroxylation is 1. The third-order valence-electron chi connectivity index (χ3n) is 1.94. The fraction of sp³-hybridized carbons (Fsp3) is 0.100. The fourth-order valence-electron chi connectivity index (χ4n) is 1.26. The highest BCUT2D eigenvalue weighted by molar-refractivity contribution is 5.79. The molecule has 0 aliphatic carbocycles. The highest BCUT2D eigenvalue weighted by atomic mass is 19.2. The van der Waals surface area contributed by atoms with E-state index < -0.39 is 11.6 Å². The number of benzene rings is 1. The Kier molecular flexibility index (Phi) is 1.72. The Bertz CT molecular complexity index is 466. The molecule has 0 fully saturated rings. The quantitative estimate of drug-likeness (QED) is 0.606. The Morgan fingerprint density at radius 1 is 1.08 bits per heavy atom. The van der Waals surface area contributed by atoms with Crippen molar-refractivity contribution in [2.24, 2.45) is 0 Å². The predicted octanol–water partition coefficient (Wildman–Crippen LogP) is 2.82. The normalized spacial score (nSPS) is 10.7. The second-order valence-corrected chi connectivity index (χ2v) is 2.84. The number of pyridine rings is 1. The number of hydrogen-bond donors (Lipinski definition) is 0. The largest absolute Gasteiger partial charge is 0.250 e. The molecule has 0 radical (unpaired) electrons.